The van der Waals surface area contributed by atoms with E-state index in [-0.39, 0.29) is 25.2 Å². The highest BCUT2D eigenvalue weighted by molar-refractivity contribution is 6.33. The first-order chi connectivity index (χ1) is 16.0. The molecular weight excluding hydrogens is 447 g/mol. The molecular formula is C25H23F3N3O3+. The molecule has 0 spiro atoms. The van der Waals surface area contributed by atoms with E-state index in [1.165, 1.54) is 6.21 Å². The Morgan fingerprint density at radius 1 is 1.18 bits per heavy atom. The van der Waals surface area contributed by atoms with Gasteiger partial charge in [-0.1, -0.05) is 12.5 Å². The molecule has 0 radical (unpaired) electrons. The number of benzene rings is 1. The highest BCUT2D eigenvalue weighted by Crippen LogP contribution is 2.54. The number of alkyl halides is 3. The molecule has 2 aromatic rings. The Morgan fingerprint density at radius 3 is 2.50 bits per heavy atom. The normalized spacial score (nSPS) is 18.3. The van der Waals surface area contributed by atoms with Crippen LogP contribution >= 0.6 is 0 Å². The summed E-state index contributed by atoms with van der Waals surface area (Å²) < 4.78 is 48.8. The number of carbonyl (C=O) groups is 1. The molecule has 34 heavy (non-hydrogen) atoms. The van der Waals surface area contributed by atoms with E-state index < -0.39 is 23.0 Å². The van der Waals surface area contributed by atoms with Crippen LogP contribution < -0.4 is 15.2 Å². The number of carboxylic acids is 1. The lowest BCUT2D eigenvalue weighted by Crippen LogP contribution is -2.52. The number of carboxylic acid groups (broad SMARTS) is 1. The molecule has 1 N–H and O–H groups in total. The second-order valence-electron chi connectivity index (χ2n) is 9.56. The SMILES string of the molecule is CC(C)(COc1ccc(-c2ccc3c(c2)=C[N+]2=C(C4(C(F)(F)F)CCC4)C=NC=32)cn1)C(=O)O. The van der Waals surface area contributed by atoms with Gasteiger partial charge in [-0.15, -0.1) is 0 Å². The van der Waals surface area contributed by atoms with E-state index in [9.17, 15) is 23.1 Å². The largest absolute Gasteiger partial charge is 0.481 e. The van der Waals surface area contributed by atoms with Crippen molar-refractivity contribution in [1.82, 2.24) is 4.98 Å². The van der Waals surface area contributed by atoms with Crippen molar-refractivity contribution in [1.29, 1.82) is 0 Å². The second kappa shape index (κ2) is 7.51. The maximum atomic E-state index is 13.9. The Kier molecular flexibility index (Phi) is 4.93. The standard InChI is InChI=1S/C25H22F3N3O3/c1-23(2,22(32)33)14-34-20-7-5-16(11-29-20)15-4-6-18-17(10-15)13-31-19(12-30-21(18)31)24(8-3-9-24)25(26,27)28/h4-7,10-13H,3,8-9,14H2,1-2H3/p+1. The van der Waals surface area contributed by atoms with Crippen molar-refractivity contribution in [3.8, 4) is 17.0 Å². The number of hydrogen-bond acceptors (Lipinski definition) is 4. The van der Waals surface area contributed by atoms with E-state index in [4.69, 9.17) is 4.74 Å². The van der Waals surface area contributed by atoms with Crippen LogP contribution in [0.2, 0.25) is 0 Å². The monoisotopic (exact) mass is 470 g/mol. The number of aliphatic carboxylic acids is 1. The van der Waals surface area contributed by atoms with Crippen LogP contribution in [0.1, 0.15) is 33.1 Å². The molecule has 3 heterocycles. The van der Waals surface area contributed by atoms with Crippen LogP contribution in [-0.2, 0) is 4.79 Å². The summed E-state index contributed by atoms with van der Waals surface area (Å²) in [7, 11) is 0. The van der Waals surface area contributed by atoms with Gasteiger partial charge in [-0.2, -0.15) is 17.7 Å². The molecule has 1 fully saturated rings. The first-order valence-corrected chi connectivity index (χ1v) is 11.0. The number of aromatic nitrogens is 1. The van der Waals surface area contributed by atoms with Crippen molar-refractivity contribution in [3.63, 3.8) is 0 Å². The Hall–Kier alpha value is -3.49. The number of aliphatic imine (C=N–C) groups is 1. The second-order valence-corrected chi connectivity index (χ2v) is 9.56. The number of halogens is 3. The van der Waals surface area contributed by atoms with Crippen molar-refractivity contribution in [2.45, 2.75) is 39.3 Å². The van der Waals surface area contributed by atoms with E-state index in [0.29, 0.717) is 18.1 Å². The van der Waals surface area contributed by atoms with Crippen LogP contribution in [-0.4, -0.2) is 45.3 Å². The molecule has 1 aliphatic carbocycles. The average molecular weight is 470 g/mol. The van der Waals surface area contributed by atoms with Crippen LogP contribution in [0.25, 0.3) is 23.1 Å². The third-order valence-electron chi connectivity index (χ3n) is 6.83. The minimum Gasteiger partial charge on any atom is -0.481 e. The van der Waals surface area contributed by atoms with Gasteiger partial charge >= 0.3 is 18.0 Å². The molecule has 0 saturated heterocycles. The Morgan fingerprint density at radius 2 is 1.91 bits per heavy atom. The Labute approximate surface area is 193 Å². The number of rotatable bonds is 6. The molecule has 1 aromatic heterocycles. The number of nitrogens with zero attached hydrogens (tertiary/aromatic N) is 3. The maximum absolute atomic E-state index is 13.9. The van der Waals surface area contributed by atoms with Crippen LogP contribution in [0.4, 0.5) is 13.2 Å². The lowest BCUT2D eigenvalue weighted by Gasteiger charge is -2.41. The zero-order chi connectivity index (χ0) is 24.3. The summed E-state index contributed by atoms with van der Waals surface area (Å²) in [5.74, 6) is -0.122. The quantitative estimate of drug-likeness (QED) is 0.658. The van der Waals surface area contributed by atoms with Crippen molar-refractivity contribution in [2.75, 3.05) is 6.61 Å². The highest BCUT2D eigenvalue weighted by Gasteiger charge is 2.64. The zero-order valence-corrected chi connectivity index (χ0v) is 18.7. The molecule has 1 aromatic carbocycles. The molecule has 1 saturated carbocycles. The Balaban J connectivity index is 1.44. The Bertz CT molecular complexity index is 1370. The molecule has 6 nitrogen and oxygen atoms in total. The minimum absolute atomic E-state index is 0.0182. The van der Waals surface area contributed by atoms with Gasteiger partial charge in [0.2, 0.25) is 5.88 Å². The predicted molar refractivity (Wildman–Crippen MR) is 120 cm³/mol. The highest BCUT2D eigenvalue weighted by atomic mass is 19.4. The maximum Gasteiger partial charge on any atom is 0.402 e. The number of pyridine rings is 1. The molecule has 3 aliphatic rings. The molecule has 5 rings (SSSR count). The lowest BCUT2D eigenvalue weighted by atomic mass is 9.65. The molecule has 0 unspecified atom stereocenters. The summed E-state index contributed by atoms with van der Waals surface area (Å²) in [6, 6.07) is 9.11. The molecule has 0 atom stereocenters. The van der Waals surface area contributed by atoms with Crippen molar-refractivity contribution in [2.24, 2.45) is 15.8 Å². The van der Waals surface area contributed by atoms with Crippen LogP contribution in [0, 0.1) is 10.8 Å². The van der Waals surface area contributed by atoms with Crippen molar-refractivity contribution < 1.29 is 32.4 Å². The third kappa shape index (κ3) is 3.41. The molecule has 9 heteroatoms. The summed E-state index contributed by atoms with van der Waals surface area (Å²) in [6.07, 6.45) is 1.12. The van der Waals surface area contributed by atoms with E-state index in [1.807, 2.05) is 24.3 Å². The van der Waals surface area contributed by atoms with Gasteiger partial charge in [-0.25, -0.2) is 4.98 Å². The summed E-state index contributed by atoms with van der Waals surface area (Å²) in [6.45, 7) is 3.13. The topological polar surface area (TPSA) is 74.8 Å². The molecule has 176 valence electrons. The smallest absolute Gasteiger partial charge is 0.402 e. The fourth-order valence-electron chi connectivity index (χ4n) is 4.40. The van der Waals surface area contributed by atoms with Gasteiger partial charge in [0.25, 0.3) is 0 Å². The third-order valence-corrected chi connectivity index (χ3v) is 6.83. The molecule has 0 bridgehead atoms. The predicted octanol–water partition coefficient (Wildman–Crippen LogP) is 3.33. The zero-order valence-electron chi connectivity index (χ0n) is 18.7. The van der Waals surface area contributed by atoms with E-state index in [2.05, 4.69) is 9.98 Å². The molecule has 0 amide bonds. The number of ether oxygens (including phenoxy) is 1. The first kappa shape index (κ1) is 22.3. The van der Waals surface area contributed by atoms with Gasteiger partial charge in [0.1, 0.15) is 18.2 Å². The lowest BCUT2D eigenvalue weighted by molar-refractivity contribution is -0.327. The van der Waals surface area contributed by atoms with Gasteiger partial charge < -0.3 is 9.84 Å². The summed E-state index contributed by atoms with van der Waals surface area (Å²) in [4.78, 5) is 19.8. The first-order valence-electron chi connectivity index (χ1n) is 11.0. The van der Waals surface area contributed by atoms with Gasteiger partial charge in [-0.3, -0.25) is 4.79 Å². The van der Waals surface area contributed by atoms with Gasteiger partial charge in [0.15, 0.2) is 11.9 Å². The fraction of sp³-hybridized carbons (Fsp3) is 0.360. The van der Waals surface area contributed by atoms with Crippen molar-refractivity contribution in [3.05, 3.63) is 47.0 Å². The summed E-state index contributed by atoms with van der Waals surface area (Å²) >= 11 is 0. The van der Waals surface area contributed by atoms with E-state index >= 15 is 0 Å². The minimum atomic E-state index is -4.31. The summed E-state index contributed by atoms with van der Waals surface area (Å²) in [5, 5.41) is 10.8. The number of fused-ring (bicyclic) bond motifs is 2. The molecule has 2 aliphatic heterocycles. The summed E-state index contributed by atoms with van der Waals surface area (Å²) in [5.41, 5.74) is -1.01. The van der Waals surface area contributed by atoms with Crippen LogP contribution in [0.15, 0.2) is 41.5 Å². The van der Waals surface area contributed by atoms with Crippen LogP contribution in [0.5, 0.6) is 5.88 Å². The average Bonchev–Trinajstić information content (AvgIpc) is 3.30. The van der Waals surface area contributed by atoms with Crippen LogP contribution in [0.3, 0.4) is 0 Å². The van der Waals surface area contributed by atoms with Gasteiger partial charge in [-0.05, 0) is 55.4 Å². The number of hydrogen-bond donors (Lipinski definition) is 1. The van der Waals surface area contributed by atoms with E-state index in [0.717, 1.165) is 21.6 Å². The van der Waals surface area contributed by atoms with Crippen molar-refractivity contribution >= 4 is 29.9 Å². The fourth-order valence-corrected chi connectivity index (χ4v) is 4.40. The van der Waals surface area contributed by atoms with Gasteiger partial charge in [0.05, 0.1) is 10.6 Å². The van der Waals surface area contributed by atoms with Gasteiger partial charge in [0, 0.05) is 23.0 Å². The van der Waals surface area contributed by atoms with E-state index in [1.54, 1.807) is 36.9 Å².